The second kappa shape index (κ2) is 3.70. The zero-order valence-corrected chi connectivity index (χ0v) is 7.33. The molecule has 1 aromatic carbocycles. The molecule has 1 rings (SSSR count). The first-order valence-corrected chi connectivity index (χ1v) is 3.82. The zero-order chi connectivity index (χ0) is 7.40. The van der Waals surface area contributed by atoms with E-state index in [0.717, 1.165) is 10.8 Å². The fourth-order valence-corrected chi connectivity index (χ4v) is 0.941. The van der Waals surface area contributed by atoms with Crippen molar-refractivity contribution in [2.75, 3.05) is 0 Å². The zero-order valence-electron chi connectivity index (χ0n) is 5.17. The van der Waals surface area contributed by atoms with Crippen molar-refractivity contribution in [3.8, 4) is 5.75 Å². The summed E-state index contributed by atoms with van der Waals surface area (Å²) in [5.74, 6) is 0.704. The quantitative estimate of drug-likeness (QED) is 0.627. The Kier molecular flexibility index (Phi) is 2.86. The molecular formula is C6H5BINO. The van der Waals surface area contributed by atoms with Crippen LogP contribution in [0.25, 0.3) is 0 Å². The van der Waals surface area contributed by atoms with Gasteiger partial charge in [0.25, 0.3) is 0 Å². The third-order valence-corrected chi connectivity index (χ3v) is 1.73. The average molecular weight is 245 g/mol. The summed E-state index contributed by atoms with van der Waals surface area (Å²) in [5.41, 5.74) is 0. The van der Waals surface area contributed by atoms with Crippen molar-refractivity contribution in [3.05, 3.63) is 27.8 Å². The van der Waals surface area contributed by atoms with Crippen LogP contribution in [-0.2, 0) is 0 Å². The third kappa shape index (κ3) is 2.09. The number of hydrogen-bond acceptors (Lipinski definition) is 2. The van der Waals surface area contributed by atoms with E-state index in [1.54, 1.807) is 0 Å². The molecule has 0 fully saturated rings. The topological polar surface area (TPSA) is 33.1 Å². The van der Waals surface area contributed by atoms with Gasteiger partial charge in [-0.05, 0) is 0 Å². The first-order valence-electron chi connectivity index (χ1n) is 2.74. The maximum atomic E-state index is 6.64. The molecule has 0 aliphatic carbocycles. The van der Waals surface area contributed by atoms with Gasteiger partial charge in [0.2, 0.25) is 0 Å². The van der Waals surface area contributed by atoms with Crippen LogP contribution in [0.1, 0.15) is 0 Å². The Hall–Kier alpha value is -0.385. The van der Waals surface area contributed by atoms with Crippen LogP contribution in [0.5, 0.6) is 5.75 Å². The van der Waals surface area contributed by atoms with Crippen LogP contribution in [0, 0.1) is 8.88 Å². The normalized spacial score (nSPS) is 8.50. The van der Waals surface area contributed by atoms with Gasteiger partial charge in [0.15, 0.2) is 0 Å². The Labute approximate surface area is 73.5 Å². The molecule has 0 bridgehead atoms. The molecule has 0 aromatic heterocycles. The average Bonchev–Trinajstić information content (AvgIpc) is 1.95. The predicted octanol–water partition coefficient (Wildman–Crippen LogP) is 2.05. The van der Waals surface area contributed by atoms with Gasteiger partial charge >= 0.3 is 73.4 Å². The van der Waals surface area contributed by atoms with E-state index in [1.165, 1.54) is 0 Å². The van der Waals surface area contributed by atoms with Crippen molar-refractivity contribution in [3.63, 3.8) is 0 Å². The summed E-state index contributed by atoms with van der Waals surface area (Å²) in [6.07, 6.45) is 0. The van der Waals surface area contributed by atoms with Gasteiger partial charge in [-0.15, -0.1) is 0 Å². The van der Waals surface area contributed by atoms with Crippen LogP contribution in [-0.4, -0.2) is 7.27 Å². The Morgan fingerprint density at radius 2 is 1.90 bits per heavy atom. The molecule has 0 spiro atoms. The van der Waals surface area contributed by atoms with Crippen LogP contribution >= 0.6 is 22.6 Å². The molecule has 4 heteroatoms. The number of benzene rings is 1. The van der Waals surface area contributed by atoms with Gasteiger partial charge in [-0.1, -0.05) is 0 Å². The fourth-order valence-electron chi connectivity index (χ4n) is 0.581. The third-order valence-electron chi connectivity index (χ3n) is 1.01. The maximum absolute atomic E-state index is 6.64. The van der Waals surface area contributed by atoms with Crippen LogP contribution < -0.4 is 4.65 Å². The monoisotopic (exact) mass is 245 g/mol. The van der Waals surface area contributed by atoms with Gasteiger partial charge in [0.05, 0.1) is 0 Å². The van der Waals surface area contributed by atoms with E-state index in [4.69, 9.17) is 9.97 Å². The van der Waals surface area contributed by atoms with Crippen molar-refractivity contribution >= 4 is 29.9 Å². The van der Waals surface area contributed by atoms with E-state index in [-0.39, 0.29) is 0 Å². The minimum atomic E-state index is 0.704. The molecule has 0 aliphatic heterocycles. The predicted molar refractivity (Wildman–Crippen MR) is 48.3 cm³/mol. The van der Waals surface area contributed by atoms with Crippen LogP contribution in [0.3, 0.4) is 0 Å². The van der Waals surface area contributed by atoms with Gasteiger partial charge in [-0.3, -0.25) is 0 Å². The summed E-state index contributed by atoms with van der Waals surface area (Å²) in [5, 5.41) is 6.64. The first-order chi connectivity index (χ1) is 4.83. The van der Waals surface area contributed by atoms with Crippen LogP contribution in [0.4, 0.5) is 0 Å². The van der Waals surface area contributed by atoms with E-state index in [9.17, 15) is 0 Å². The molecule has 10 heavy (non-hydrogen) atoms. The fraction of sp³-hybridized carbons (Fsp3) is 0. The number of rotatable bonds is 2. The molecule has 0 amide bonds. The molecule has 0 heterocycles. The van der Waals surface area contributed by atoms with E-state index < -0.39 is 0 Å². The molecule has 0 saturated carbocycles. The Morgan fingerprint density at radius 3 is 2.40 bits per heavy atom. The Morgan fingerprint density at radius 1 is 1.30 bits per heavy atom. The van der Waals surface area contributed by atoms with Crippen LogP contribution in [0.2, 0.25) is 0 Å². The molecule has 0 radical (unpaired) electrons. The molecule has 0 atom stereocenters. The summed E-state index contributed by atoms with van der Waals surface area (Å²) in [6, 6.07) is 7.51. The summed E-state index contributed by atoms with van der Waals surface area (Å²) in [6.45, 7) is 0. The molecule has 0 unspecified atom stereocenters. The van der Waals surface area contributed by atoms with Crippen molar-refractivity contribution in [1.29, 1.82) is 5.31 Å². The Bertz CT molecular complexity index is 224. The molecule has 2 nitrogen and oxygen atoms in total. The Balaban J connectivity index is 2.78. The number of halogens is 1. The summed E-state index contributed by atoms with van der Waals surface area (Å²) in [7, 11) is 0.919. The standard InChI is InChI=1S/C6H5BINO/c8-5-1-3-6(4-2-5)10-7-9/h1-4,9H. The number of hydrogen-bond donors (Lipinski definition) is 1. The number of nitrogens with one attached hydrogen (secondary N) is 1. The second-order valence-corrected chi connectivity index (χ2v) is 2.94. The van der Waals surface area contributed by atoms with Crippen LogP contribution in [0.15, 0.2) is 24.3 Å². The van der Waals surface area contributed by atoms with Crippen molar-refractivity contribution < 1.29 is 4.65 Å². The molecule has 1 N–H and O–H groups in total. The van der Waals surface area contributed by atoms with Gasteiger partial charge in [-0.25, -0.2) is 0 Å². The summed E-state index contributed by atoms with van der Waals surface area (Å²) in [4.78, 5) is 0. The molecular weight excluding hydrogens is 240 g/mol. The first kappa shape index (κ1) is 7.72. The summed E-state index contributed by atoms with van der Waals surface area (Å²) < 4.78 is 5.96. The second-order valence-electron chi connectivity index (χ2n) is 1.69. The SMILES string of the molecule is N=BOc1ccc(I)cc1. The van der Waals surface area contributed by atoms with Gasteiger partial charge < -0.3 is 0 Å². The molecule has 0 saturated heterocycles. The summed E-state index contributed by atoms with van der Waals surface area (Å²) >= 11 is 2.21. The van der Waals surface area contributed by atoms with E-state index in [2.05, 4.69) is 22.6 Å². The van der Waals surface area contributed by atoms with E-state index in [1.807, 2.05) is 24.3 Å². The van der Waals surface area contributed by atoms with Gasteiger partial charge in [0, 0.05) is 0 Å². The van der Waals surface area contributed by atoms with Gasteiger partial charge in [0.1, 0.15) is 0 Å². The van der Waals surface area contributed by atoms with Crippen molar-refractivity contribution in [1.82, 2.24) is 0 Å². The molecule has 50 valence electrons. The van der Waals surface area contributed by atoms with E-state index >= 15 is 0 Å². The van der Waals surface area contributed by atoms with E-state index in [0.29, 0.717) is 5.75 Å². The molecule has 0 aliphatic rings. The van der Waals surface area contributed by atoms with Crippen molar-refractivity contribution in [2.24, 2.45) is 0 Å². The van der Waals surface area contributed by atoms with Crippen molar-refractivity contribution in [2.45, 2.75) is 0 Å². The minimum absolute atomic E-state index is 0.704. The van der Waals surface area contributed by atoms with Gasteiger partial charge in [-0.2, -0.15) is 0 Å². The molecule has 1 aromatic rings.